The minimum atomic E-state index is 0.372. The Kier molecular flexibility index (Phi) is 2.76. The van der Waals surface area contributed by atoms with E-state index in [1.54, 1.807) is 12.1 Å². The van der Waals surface area contributed by atoms with Crippen LogP contribution in [0.1, 0.15) is 5.56 Å². The summed E-state index contributed by atoms with van der Waals surface area (Å²) in [6.07, 6.45) is 0. The summed E-state index contributed by atoms with van der Waals surface area (Å²) in [5, 5.41) is 7.98. The molecule has 2 heterocycles. The molecule has 0 aliphatic carbocycles. The zero-order valence-electron chi connectivity index (χ0n) is 9.55. The standard InChI is InChI=1S/C13H9BrN2O2/c1-8-2-4-9(5-3-8)12-15-16-13(18-12)10-6-7-11(14)17-10/h2-7H,1H3. The summed E-state index contributed by atoms with van der Waals surface area (Å²) in [4.78, 5) is 0. The molecule has 90 valence electrons. The fourth-order valence-corrected chi connectivity index (χ4v) is 1.87. The number of nitrogens with zero attached hydrogens (tertiary/aromatic N) is 2. The van der Waals surface area contributed by atoms with Crippen LogP contribution in [0.15, 0.2) is 49.9 Å². The van der Waals surface area contributed by atoms with Gasteiger partial charge in [-0.1, -0.05) is 17.7 Å². The van der Waals surface area contributed by atoms with Crippen LogP contribution in [0.2, 0.25) is 0 Å². The molecule has 0 amide bonds. The average molecular weight is 305 g/mol. The number of hydrogen-bond acceptors (Lipinski definition) is 4. The van der Waals surface area contributed by atoms with Crippen LogP contribution >= 0.6 is 15.9 Å². The molecule has 0 aliphatic rings. The lowest BCUT2D eigenvalue weighted by atomic mass is 10.1. The van der Waals surface area contributed by atoms with Gasteiger partial charge in [0.15, 0.2) is 10.4 Å². The van der Waals surface area contributed by atoms with Crippen molar-refractivity contribution >= 4 is 15.9 Å². The normalized spacial score (nSPS) is 10.8. The second-order valence-electron chi connectivity index (χ2n) is 3.88. The van der Waals surface area contributed by atoms with Crippen LogP contribution in [-0.2, 0) is 0 Å². The van der Waals surface area contributed by atoms with Crippen molar-refractivity contribution in [3.05, 3.63) is 46.6 Å². The second kappa shape index (κ2) is 4.42. The highest BCUT2D eigenvalue weighted by Crippen LogP contribution is 2.27. The van der Waals surface area contributed by atoms with E-state index in [0.29, 0.717) is 22.2 Å². The maximum absolute atomic E-state index is 5.57. The van der Waals surface area contributed by atoms with Gasteiger partial charge in [-0.25, -0.2) is 0 Å². The second-order valence-corrected chi connectivity index (χ2v) is 4.66. The highest BCUT2D eigenvalue weighted by molar-refractivity contribution is 9.10. The van der Waals surface area contributed by atoms with Crippen molar-refractivity contribution < 1.29 is 8.83 Å². The van der Waals surface area contributed by atoms with Crippen molar-refractivity contribution in [2.24, 2.45) is 0 Å². The van der Waals surface area contributed by atoms with Crippen LogP contribution in [0.4, 0.5) is 0 Å². The minimum Gasteiger partial charge on any atom is -0.444 e. The fourth-order valence-electron chi connectivity index (χ4n) is 1.56. The number of aromatic nitrogens is 2. The van der Waals surface area contributed by atoms with Crippen molar-refractivity contribution in [3.8, 4) is 23.1 Å². The molecule has 0 bridgehead atoms. The van der Waals surface area contributed by atoms with E-state index >= 15 is 0 Å². The first-order valence-electron chi connectivity index (χ1n) is 5.38. The van der Waals surface area contributed by atoms with E-state index in [1.165, 1.54) is 5.56 Å². The molecule has 0 N–H and O–H groups in total. The van der Waals surface area contributed by atoms with Gasteiger partial charge >= 0.3 is 0 Å². The molecule has 0 atom stereocenters. The Morgan fingerprint density at radius 1 is 0.889 bits per heavy atom. The maximum atomic E-state index is 5.57. The number of halogens is 1. The van der Waals surface area contributed by atoms with E-state index in [1.807, 2.05) is 31.2 Å². The van der Waals surface area contributed by atoms with Gasteiger partial charge in [0.25, 0.3) is 5.89 Å². The third kappa shape index (κ3) is 2.09. The molecule has 0 spiro atoms. The van der Waals surface area contributed by atoms with Crippen LogP contribution in [0, 0.1) is 6.92 Å². The zero-order valence-corrected chi connectivity index (χ0v) is 11.1. The topological polar surface area (TPSA) is 52.1 Å². The minimum absolute atomic E-state index is 0.372. The van der Waals surface area contributed by atoms with E-state index < -0.39 is 0 Å². The monoisotopic (exact) mass is 304 g/mol. The molecule has 3 rings (SSSR count). The fraction of sp³-hybridized carbons (Fsp3) is 0.0769. The highest BCUT2D eigenvalue weighted by Gasteiger charge is 2.13. The van der Waals surface area contributed by atoms with Gasteiger partial charge in [0.05, 0.1) is 0 Å². The molecule has 0 aliphatic heterocycles. The lowest BCUT2D eigenvalue weighted by molar-refractivity contribution is 0.509. The van der Waals surface area contributed by atoms with Crippen molar-refractivity contribution in [3.63, 3.8) is 0 Å². The average Bonchev–Trinajstić information content (AvgIpc) is 2.98. The Labute approximate surface area is 112 Å². The largest absolute Gasteiger partial charge is 0.444 e. The predicted molar refractivity (Wildman–Crippen MR) is 69.9 cm³/mol. The molecule has 0 saturated carbocycles. The van der Waals surface area contributed by atoms with Gasteiger partial charge in [-0.3, -0.25) is 0 Å². The van der Waals surface area contributed by atoms with Gasteiger partial charge in [0.1, 0.15) is 0 Å². The van der Waals surface area contributed by atoms with Crippen molar-refractivity contribution in [1.29, 1.82) is 0 Å². The van der Waals surface area contributed by atoms with Crippen LogP contribution < -0.4 is 0 Å². The summed E-state index contributed by atoms with van der Waals surface area (Å²) in [6, 6.07) is 11.5. The number of rotatable bonds is 2. The van der Waals surface area contributed by atoms with E-state index in [4.69, 9.17) is 8.83 Å². The molecule has 0 saturated heterocycles. The molecule has 0 unspecified atom stereocenters. The first-order chi connectivity index (χ1) is 8.72. The third-order valence-corrected chi connectivity index (χ3v) is 2.93. The molecule has 2 aromatic heterocycles. The molecule has 18 heavy (non-hydrogen) atoms. The summed E-state index contributed by atoms with van der Waals surface area (Å²) in [5.41, 5.74) is 2.08. The quantitative estimate of drug-likeness (QED) is 0.716. The van der Waals surface area contributed by atoms with Crippen molar-refractivity contribution in [1.82, 2.24) is 10.2 Å². The molecule has 1 aromatic carbocycles. The van der Waals surface area contributed by atoms with Gasteiger partial charge in [0, 0.05) is 5.56 Å². The summed E-state index contributed by atoms with van der Waals surface area (Å²) in [7, 11) is 0. The summed E-state index contributed by atoms with van der Waals surface area (Å²) in [5.74, 6) is 1.40. The molecule has 0 fully saturated rings. The van der Waals surface area contributed by atoms with Gasteiger partial charge in [-0.15, -0.1) is 10.2 Å². The van der Waals surface area contributed by atoms with Crippen LogP contribution in [0.5, 0.6) is 0 Å². The van der Waals surface area contributed by atoms with E-state index in [-0.39, 0.29) is 0 Å². The van der Waals surface area contributed by atoms with E-state index in [2.05, 4.69) is 26.1 Å². The lowest BCUT2D eigenvalue weighted by Gasteiger charge is -1.94. The number of aryl methyl sites for hydroxylation is 1. The van der Waals surface area contributed by atoms with Gasteiger partial charge in [-0.05, 0) is 47.1 Å². The molecular formula is C13H9BrN2O2. The van der Waals surface area contributed by atoms with Crippen LogP contribution in [0.25, 0.3) is 23.1 Å². The summed E-state index contributed by atoms with van der Waals surface area (Å²) < 4.78 is 11.6. The first kappa shape index (κ1) is 11.2. The number of benzene rings is 1. The Morgan fingerprint density at radius 2 is 1.61 bits per heavy atom. The molecule has 3 aromatic rings. The Hall–Kier alpha value is -1.88. The summed E-state index contributed by atoms with van der Waals surface area (Å²) >= 11 is 3.23. The Morgan fingerprint density at radius 3 is 2.28 bits per heavy atom. The van der Waals surface area contributed by atoms with E-state index in [0.717, 1.165) is 5.56 Å². The Balaban J connectivity index is 1.96. The van der Waals surface area contributed by atoms with Crippen LogP contribution in [0.3, 0.4) is 0 Å². The SMILES string of the molecule is Cc1ccc(-c2nnc(-c3ccc(Br)o3)o2)cc1. The predicted octanol–water partition coefficient (Wildman–Crippen LogP) is 4.07. The molecular weight excluding hydrogens is 296 g/mol. The maximum Gasteiger partial charge on any atom is 0.283 e. The van der Waals surface area contributed by atoms with Gasteiger partial charge in [-0.2, -0.15) is 0 Å². The molecule has 5 heteroatoms. The smallest absolute Gasteiger partial charge is 0.283 e. The molecule has 0 radical (unpaired) electrons. The highest BCUT2D eigenvalue weighted by atomic mass is 79.9. The lowest BCUT2D eigenvalue weighted by Crippen LogP contribution is -1.77. The van der Waals surface area contributed by atoms with Crippen molar-refractivity contribution in [2.75, 3.05) is 0 Å². The van der Waals surface area contributed by atoms with Gasteiger partial charge in [0.2, 0.25) is 5.89 Å². The summed E-state index contributed by atoms with van der Waals surface area (Å²) in [6.45, 7) is 2.03. The first-order valence-corrected chi connectivity index (χ1v) is 6.18. The number of furan rings is 1. The Bertz CT molecular complexity index is 670. The number of hydrogen-bond donors (Lipinski definition) is 0. The van der Waals surface area contributed by atoms with Crippen LogP contribution in [-0.4, -0.2) is 10.2 Å². The van der Waals surface area contributed by atoms with Crippen molar-refractivity contribution in [2.45, 2.75) is 6.92 Å². The zero-order chi connectivity index (χ0) is 12.5. The van der Waals surface area contributed by atoms with E-state index in [9.17, 15) is 0 Å². The molecule has 4 nitrogen and oxygen atoms in total. The van der Waals surface area contributed by atoms with Gasteiger partial charge < -0.3 is 8.83 Å². The third-order valence-electron chi connectivity index (χ3n) is 2.51.